The number of carbonyl (C=O) groups is 2. The van der Waals surface area contributed by atoms with Gasteiger partial charge in [-0.2, -0.15) is 5.26 Å². The number of aromatic nitrogens is 3. The van der Waals surface area contributed by atoms with E-state index in [1.807, 2.05) is 38.1 Å². The summed E-state index contributed by atoms with van der Waals surface area (Å²) >= 11 is 1.45. The first kappa shape index (κ1) is 30.7. The molecule has 2 aliphatic heterocycles. The van der Waals surface area contributed by atoms with Crippen LogP contribution in [0.15, 0.2) is 47.1 Å². The van der Waals surface area contributed by atoms with E-state index >= 15 is 0 Å². The molecule has 12 heteroatoms. The van der Waals surface area contributed by atoms with Crippen LogP contribution < -0.4 is 5.32 Å². The molecule has 47 heavy (non-hydrogen) atoms. The number of nitrogens with one attached hydrogen (secondary N) is 1. The third-order valence-corrected chi connectivity index (χ3v) is 10.2. The van der Waals surface area contributed by atoms with Crippen LogP contribution in [0, 0.1) is 31.1 Å². The van der Waals surface area contributed by atoms with Crippen LogP contribution in [0.2, 0.25) is 0 Å². The summed E-state index contributed by atoms with van der Waals surface area (Å²) in [5.74, 6) is -1.02. The minimum Gasteiger partial charge on any atom is -0.481 e. The SMILES string of the molecule is Cc1c(NC(=O)c2nc3c(s2)CN(C)CC3)cccc1-c1cncc(-c2nc3cc(CN4CCC(C(=O)O)C4)cc(C#N)c3o2)c1C. The standard InChI is InChI=1S/C35H33N7O4S/c1-19-25(24-5-4-6-27(20(24)2)38-32(43)34-40-28-8-9-41(3)18-30(28)47-34)14-37-15-26(19)33-39-29-12-21(11-23(13-36)31(29)46-33)16-42-10-7-22(17-42)35(44)45/h4-6,11-12,14-15,22H,7-10,16-18H2,1-3H3,(H,38,43)(H,44,45). The molecular formula is C35H33N7O4S. The van der Waals surface area contributed by atoms with Gasteiger partial charge in [-0.25, -0.2) is 9.97 Å². The van der Waals surface area contributed by atoms with Crippen LogP contribution in [0.3, 0.4) is 0 Å². The Hall–Kier alpha value is -4.96. The summed E-state index contributed by atoms with van der Waals surface area (Å²) in [6.07, 6.45) is 4.95. The molecule has 0 aliphatic carbocycles. The number of carbonyl (C=O) groups excluding carboxylic acids is 1. The van der Waals surface area contributed by atoms with E-state index in [4.69, 9.17) is 9.40 Å². The van der Waals surface area contributed by atoms with Crippen molar-refractivity contribution in [2.24, 2.45) is 5.92 Å². The Bertz CT molecular complexity index is 2100. The number of carboxylic acids is 1. The molecule has 0 radical (unpaired) electrons. The van der Waals surface area contributed by atoms with Gasteiger partial charge in [0.05, 0.1) is 22.7 Å². The number of likely N-dealkylation sites (N-methyl/N-ethyl adjacent to an activating group) is 1. The first-order valence-corrected chi connectivity index (χ1v) is 16.3. The molecule has 5 aromatic rings. The monoisotopic (exact) mass is 647 g/mol. The summed E-state index contributed by atoms with van der Waals surface area (Å²) in [6, 6.07) is 11.7. The van der Waals surface area contributed by atoms with Gasteiger partial charge in [0.15, 0.2) is 10.6 Å². The van der Waals surface area contributed by atoms with Crippen LogP contribution in [0.4, 0.5) is 5.69 Å². The molecule has 2 aromatic carbocycles. The van der Waals surface area contributed by atoms with Gasteiger partial charge in [-0.05, 0) is 74.3 Å². The van der Waals surface area contributed by atoms with E-state index < -0.39 is 5.97 Å². The Morgan fingerprint density at radius 2 is 1.96 bits per heavy atom. The summed E-state index contributed by atoms with van der Waals surface area (Å²) in [5.41, 5.74) is 8.19. The fourth-order valence-electron chi connectivity index (χ4n) is 6.49. The van der Waals surface area contributed by atoms with E-state index in [2.05, 4.69) is 38.2 Å². The first-order chi connectivity index (χ1) is 22.7. The third kappa shape index (κ3) is 5.89. The molecule has 1 unspecified atom stereocenters. The second-order valence-electron chi connectivity index (χ2n) is 12.3. The Morgan fingerprint density at radius 1 is 1.13 bits per heavy atom. The average molecular weight is 648 g/mol. The van der Waals surface area contributed by atoms with Crippen molar-refractivity contribution in [3.05, 3.63) is 80.6 Å². The zero-order valence-electron chi connectivity index (χ0n) is 26.3. The number of benzene rings is 2. The van der Waals surface area contributed by atoms with E-state index in [1.165, 1.54) is 11.3 Å². The maximum absolute atomic E-state index is 13.3. The Balaban J connectivity index is 1.16. The Kier molecular flexibility index (Phi) is 8.05. The van der Waals surface area contributed by atoms with Crippen LogP contribution in [0.1, 0.15) is 49.0 Å². The lowest BCUT2D eigenvalue weighted by Gasteiger charge is -2.20. The van der Waals surface area contributed by atoms with E-state index in [9.17, 15) is 20.0 Å². The van der Waals surface area contributed by atoms with Crippen molar-refractivity contribution in [1.82, 2.24) is 24.8 Å². The number of anilines is 1. The van der Waals surface area contributed by atoms with Gasteiger partial charge in [0.2, 0.25) is 5.89 Å². The second kappa shape index (κ2) is 12.3. The van der Waals surface area contributed by atoms with Gasteiger partial charge < -0.3 is 19.7 Å². The average Bonchev–Trinajstić information content (AvgIpc) is 3.80. The number of rotatable bonds is 7. The largest absolute Gasteiger partial charge is 0.481 e. The maximum Gasteiger partial charge on any atom is 0.307 e. The minimum absolute atomic E-state index is 0.221. The zero-order valence-corrected chi connectivity index (χ0v) is 27.1. The van der Waals surface area contributed by atoms with Crippen LogP contribution in [0.25, 0.3) is 33.7 Å². The van der Waals surface area contributed by atoms with E-state index in [-0.39, 0.29) is 11.8 Å². The van der Waals surface area contributed by atoms with Gasteiger partial charge in [0.25, 0.3) is 5.91 Å². The van der Waals surface area contributed by atoms with Crippen LogP contribution in [-0.4, -0.2) is 68.4 Å². The number of hydrogen-bond acceptors (Lipinski definition) is 10. The molecule has 238 valence electrons. The van der Waals surface area contributed by atoms with Gasteiger partial charge in [0.1, 0.15) is 11.6 Å². The topological polar surface area (TPSA) is 148 Å². The molecule has 11 nitrogen and oxygen atoms in total. The number of oxazole rings is 1. The highest BCUT2D eigenvalue weighted by atomic mass is 32.1. The number of aliphatic carboxylic acids is 1. The van der Waals surface area contributed by atoms with E-state index in [0.717, 1.165) is 57.9 Å². The molecule has 2 aliphatic rings. The van der Waals surface area contributed by atoms with Gasteiger partial charge in [0, 0.05) is 61.1 Å². The number of nitrogens with zero attached hydrogens (tertiary/aromatic N) is 6. The summed E-state index contributed by atoms with van der Waals surface area (Å²) in [5, 5.41) is 22.8. The lowest BCUT2D eigenvalue weighted by Crippen LogP contribution is -2.25. The molecule has 1 fully saturated rings. The summed E-state index contributed by atoms with van der Waals surface area (Å²) in [7, 11) is 2.07. The molecule has 1 amide bonds. The van der Waals surface area contributed by atoms with Crippen molar-refractivity contribution in [3.8, 4) is 28.7 Å². The smallest absolute Gasteiger partial charge is 0.307 e. The number of amides is 1. The second-order valence-corrected chi connectivity index (χ2v) is 13.4. The molecule has 1 atom stereocenters. The lowest BCUT2D eigenvalue weighted by atomic mass is 9.95. The number of fused-ring (bicyclic) bond motifs is 2. The highest BCUT2D eigenvalue weighted by Crippen LogP contribution is 2.36. The highest BCUT2D eigenvalue weighted by Gasteiger charge is 2.28. The Labute approximate surface area is 275 Å². The van der Waals surface area contributed by atoms with Crippen molar-refractivity contribution in [3.63, 3.8) is 0 Å². The summed E-state index contributed by atoms with van der Waals surface area (Å²) in [6.45, 7) is 7.39. The molecule has 0 spiro atoms. The van der Waals surface area contributed by atoms with Crippen molar-refractivity contribution in [2.75, 3.05) is 32.0 Å². The predicted molar refractivity (Wildman–Crippen MR) is 178 cm³/mol. The molecule has 1 saturated heterocycles. The molecule has 7 rings (SSSR count). The first-order valence-electron chi connectivity index (χ1n) is 15.5. The van der Waals surface area contributed by atoms with Crippen molar-refractivity contribution in [1.29, 1.82) is 5.26 Å². The van der Waals surface area contributed by atoms with Gasteiger partial charge in [-0.15, -0.1) is 11.3 Å². The number of carboxylic acid groups (broad SMARTS) is 1. The maximum atomic E-state index is 13.3. The number of pyridine rings is 1. The molecule has 2 N–H and O–H groups in total. The molecule has 5 heterocycles. The van der Waals surface area contributed by atoms with Gasteiger partial charge in [-0.1, -0.05) is 12.1 Å². The lowest BCUT2D eigenvalue weighted by molar-refractivity contribution is -0.141. The van der Waals surface area contributed by atoms with Crippen LogP contribution >= 0.6 is 11.3 Å². The molecule has 3 aromatic heterocycles. The van der Waals surface area contributed by atoms with Crippen LogP contribution in [0.5, 0.6) is 0 Å². The molecule has 0 saturated carbocycles. The van der Waals surface area contributed by atoms with E-state index in [1.54, 1.807) is 18.5 Å². The van der Waals surface area contributed by atoms with E-state index in [0.29, 0.717) is 64.9 Å². The van der Waals surface area contributed by atoms with Crippen molar-refractivity contribution in [2.45, 2.75) is 39.8 Å². The van der Waals surface area contributed by atoms with Gasteiger partial charge in [-0.3, -0.25) is 19.5 Å². The highest BCUT2D eigenvalue weighted by molar-refractivity contribution is 7.13. The predicted octanol–water partition coefficient (Wildman–Crippen LogP) is 5.65. The number of nitriles is 1. The number of hydrogen-bond donors (Lipinski definition) is 2. The summed E-state index contributed by atoms with van der Waals surface area (Å²) in [4.78, 5) is 44.1. The quantitative estimate of drug-likeness (QED) is 0.227. The normalized spacial score (nSPS) is 16.7. The number of thiazole rings is 1. The zero-order chi connectivity index (χ0) is 32.8. The van der Waals surface area contributed by atoms with Gasteiger partial charge >= 0.3 is 5.97 Å². The fraction of sp³-hybridized carbons (Fsp3) is 0.314. The Morgan fingerprint density at radius 3 is 2.74 bits per heavy atom. The van der Waals surface area contributed by atoms with Crippen molar-refractivity contribution < 1.29 is 19.1 Å². The molecule has 0 bridgehead atoms. The fourth-order valence-corrected chi connectivity index (χ4v) is 7.57. The number of likely N-dealkylation sites (tertiary alicyclic amines) is 1. The molecular weight excluding hydrogens is 614 g/mol. The van der Waals surface area contributed by atoms with Crippen LogP contribution in [-0.2, 0) is 24.3 Å². The minimum atomic E-state index is -0.776. The summed E-state index contributed by atoms with van der Waals surface area (Å²) < 4.78 is 6.19. The van der Waals surface area contributed by atoms with Crippen molar-refractivity contribution >= 4 is 40.0 Å². The third-order valence-electron chi connectivity index (χ3n) is 9.13.